The van der Waals surface area contributed by atoms with Gasteiger partial charge in [0.25, 0.3) is 16.7 Å². The molecule has 3 saturated carbocycles. The number of benzene rings is 6. The Labute approximate surface area is 710 Å². The van der Waals surface area contributed by atoms with Crippen molar-refractivity contribution in [1.82, 2.24) is 42.1 Å². The van der Waals surface area contributed by atoms with Gasteiger partial charge in [-0.15, -0.1) is 0 Å². The van der Waals surface area contributed by atoms with Crippen LogP contribution in [0, 0.1) is 0 Å². The van der Waals surface area contributed by atoms with Crippen LogP contribution in [0.2, 0.25) is 0 Å². The lowest BCUT2D eigenvalue weighted by atomic mass is 9.88. The fourth-order valence-corrected chi connectivity index (χ4v) is 15.5. The zero-order valence-electron chi connectivity index (χ0n) is 70.8. The number of hydrogen-bond donors (Lipinski definition) is 6. The van der Waals surface area contributed by atoms with Crippen LogP contribution in [0.3, 0.4) is 0 Å². The Morgan fingerprint density at radius 2 is 0.626 bits per heavy atom. The minimum atomic E-state index is -1.83. The molecule has 3 fully saturated rings. The van der Waals surface area contributed by atoms with Crippen LogP contribution >= 0.6 is 0 Å². The highest BCUT2D eigenvalue weighted by Gasteiger charge is 2.34. The lowest BCUT2D eigenvalue weighted by Gasteiger charge is -2.42. The van der Waals surface area contributed by atoms with E-state index in [1.165, 1.54) is 155 Å². The van der Waals surface area contributed by atoms with Crippen molar-refractivity contribution in [2.24, 2.45) is 21.1 Å². The summed E-state index contributed by atoms with van der Waals surface area (Å²) in [5, 5.41) is 41.8. The minimum Gasteiger partial charge on any atom is -0.493 e. The van der Waals surface area contributed by atoms with Crippen molar-refractivity contribution in [3.8, 4) is 51.7 Å². The second kappa shape index (κ2) is 44.2. The quantitative estimate of drug-likeness (QED) is 0.0243. The first-order chi connectivity index (χ1) is 59.0. The molecule has 6 N–H and O–H groups in total. The van der Waals surface area contributed by atoms with E-state index in [1.54, 1.807) is 42.5 Å². The van der Waals surface area contributed by atoms with Crippen LogP contribution in [-0.4, -0.2) is 170 Å². The van der Waals surface area contributed by atoms with E-state index >= 15 is 0 Å². The van der Waals surface area contributed by atoms with E-state index in [-0.39, 0.29) is 91.3 Å². The van der Waals surface area contributed by atoms with E-state index in [0.29, 0.717) is 52.6 Å². The first-order valence-corrected chi connectivity index (χ1v) is 41.0. The molecule has 0 amide bonds. The molecule has 2 unspecified atom stereocenters. The van der Waals surface area contributed by atoms with Gasteiger partial charge >= 0.3 is 35.5 Å². The third kappa shape index (κ3) is 25.0. The van der Waals surface area contributed by atoms with Gasteiger partial charge in [-0.25, -0.2) is 28.8 Å². The summed E-state index contributed by atoms with van der Waals surface area (Å²) >= 11 is 0. The number of carbonyl (C=O) groups is 3. The van der Waals surface area contributed by atoms with E-state index in [2.05, 4.69) is 108 Å². The molecule has 3 aromatic heterocycles. The molecule has 0 bridgehead atoms. The second-order valence-corrected chi connectivity index (χ2v) is 30.6. The van der Waals surface area contributed by atoms with Gasteiger partial charge in [-0.05, 0) is 164 Å². The zero-order valence-corrected chi connectivity index (χ0v) is 70.8. The molecule has 6 aliphatic rings. The lowest BCUT2D eigenvalue weighted by Crippen LogP contribution is -2.41. The molecule has 9 aromatic rings. The van der Waals surface area contributed by atoms with Crippen molar-refractivity contribution in [3.63, 3.8) is 0 Å². The summed E-state index contributed by atoms with van der Waals surface area (Å²) in [5.74, 6) is 6.75. The molecule has 15 rings (SSSR count). The average molecular weight is 1700 g/mol. The van der Waals surface area contributed by atoms with Crippen molar-refractivity contribution in [2.75, 3.05) is 61.0 Å². The summed E-state index contributed by atoms with van der Waals surface area (Å²) in [7, 11) is 9.74. The molecule has 660 valence electrons. The number of rotatable bonds is 30. The van der Waals surface area contributed by atoms with E-state index in [9.17, 15) is 28.8 Å². The summed E-state index contributed by atoms with van der Waals surface area (Å²) in [6.45, 7) is 12.7. The van der Waals surface area contributed by atoms with Gasteiger partial charge in [0.15, 0.2) is 34.5 Å². The molecule has 3 atom stereocenters. The van der Waals surface area contributed by atoms with Crippen LogP contribution in [0.4, 0.5) is 14.4 Å². The summed E-state index contributed by atoms with van der Waals surface area (Å²) in [6, 6.07) is 44.5. The third-order valence-electron chi connectivity index (χ3n) is 22.9. The number of aryl methyl sites for hydroxylation is 3. The maximum Gasteiger partial charge on any atom is 0.503 e. The summed E-state index contributed by atoms with van der Waals surface area (Å²) in [5.41, 5.74) is 9.24. The molecule has 0 spiro atoms. The maximum atomic E-state index is 12.2. The normalized spacial score (nSPS) is 14.7. The third-order valence-corrected chi connectivity index (χ3v) is 22.9. The number of hydrogen-bond acceptors (Lipinski definition) is 21. The molecule has 3 aliphatic heterocycles. The van der Waals surface area contributed by atoms with Crippen molar-refractivity contribution in [1.29, 1.82) is 0 Å². The second-order valence-electron chi connectivity index (χ2n) is 30.6. The molecule has 33 heteroatoms. The molecule has 0 radical (unpaired) electrons. The van der Waals surface area contributed by atoms with Crippen molar-refractivity contribution < 1.29 is 87.7 Å². The highest BCUT2D eigenvalue weighted by atomic mass is 16.6. The van der Waals surface area contributed by atoms with Crippen LogP contribution in [0.1, 0.15) is 147 Å². The number of fused-ring (bicyclic) bond motifs is 3. The molecule has 33 nitrogen and oxygen atoms in total. The van der Waals surface area contributed by atoms with Crippen molar-refractivity contribution >= 4 is 18.5 Å². The van der Waals surface area contributed by atoms with Gasteiger partial charge < -0.3 is 87.0 Å². The van der Waals surface area contributed by atoms with Crippen LogP contribution in [0.5, 0.6) is 51.7 Å². The van der Waals surface area contributed by atoms with Gasteiger partial charge in [0.05, 0.1) is 60.8 Å². The van der Waals surface area contributed by atoms with Crippen LogP contribution < -0.4 is 76.4 Å². The largest absolute Gasteiger partial charge is 0.503 e. The summed E-state index contributed by atoms with van der Waals surface area (Å²) in [6.07, 6.45) is 13.0. The average Bonchev–Trinajstić information content (AvgIpc) is 1.77. The van der Waals surface area contributed by atoms with E-state index in [0.717, 1.165) is 92.7 Å². The Morgan fingerprint density at radius 1 is 0.374 bits per heavy atom. The first-order valence-electron chi connectivity index (χ1n) is 41.0. The maximum absolute atomic E-state index is 12.2. The minimum absolute atomic E-state index is 0.163. The van der Waals surface area contributed by atoms with Crippen molar-refractivity contribution in [2.45, 2.75) is 173 Å². The molecule has 123 heavy (non-hydrogen) atoms. The van der Waals surface area contributed by atoms with E-state index < -0.39 is 18.5 Å². The fraction of sp³-hybridized carbons (Fsp3) is 0.433. The van der Waals surface area contributed by atoms with Crippen molar-refractivity contribution in [3.05, 3.63) is 259 Å². The van der Waals surface area contributed by atoms with Crippen LogP contribution in [0.15, 0.2) is 175 Å². The summed E-state index contributed by atoms with van der Waals surface area (Å²) in [4.78, 5) is 106. The molecule has 6 heterocycles. The highest BCUT2D eigenvalue weighted by molar-refractivity contribution is 5.54. The Morgan fingerprint density at radius 3 is 0.854 bits per heavy atom. The SMILES string of the molecule is COc1cc(CN(C2CCC2)C(C)c2ccc3c(c2)CCO3)ccc1OCCn1c(=O)ccn(C)c1=O.COc1cc(CN(C2CCC2)C(C)c2ccc3c(c2)CCO3)ccc1OCCn1c(=O)ccn(C)c1=O.COc1cc(CN(C2CCC2)[C@H](C)c2ccc3c(c2)CCO3)ccc1OCCn1c(=O)ccn(C)c1=O.O=C(O)O.O=C(O)O.O=C(O)O. The smallest absolute Gasteiger partial charge is 0.493 e. The standard InChI is InChI=1S/3C29H35N3O5.3CH2O3/c3*1-20(22-8-10-25-23(18-22)12-15-36-25)32(24-5-4-6-24)19-21-7-9-26(27(17-21)35-3)37-16-14-31-28(33)11-13-30(2)29(31)34;3*2-1(3)4/h3*7-11,13,17-18,20,24H,4-6,12,14-16,19H2,1-3H3;3*(H2,2,3,4)/t20-;;;;;/m1...../s1. The zero-order chi connectivity index (χ0) is 88.6. The van der Waals surface area contributed by atoms with Gasteiger partial charge in [-0.2, -0.15) is 0 Å². The molecular weight excluding hydrogens is 1590 g/mol. The van der Waals surface area contributed by atoms with Gasteiger partial charge in [0, 0.05) is 133 Å². The number of aromatic nitrogens is 6. The molecular formula is C90H111N9O24. The number of methoxy groups -OCH3 is 3. The van der Waals surface area contributed by atoms with E-state index in [4.69, 9.17) is 87.7 Å². The molecule has 6 aromatic carbocycles. The molecule has 3 aliphatic carbocycles. The number of carboxylic acid groups (broad SMARTS) is 6. The van der Waals surface area contributed by atoms with Gasteiger partial charge in [-0.1, -0.05) is 73.9 Å². The fourth-order valence-electron chi connectivity index (χ4n) is 15.5. The van der Waals surface area contributed by atoms with Gasteiger partial charge in [0.2, 0.25) is 0 Å². The highest BCUT2D eigenvalue weighted by Crippen LogP contribution is 2.42. The lowest BCUT2D eigenvalue weighted by molar-refractivity contribution is 0.0782. The number of ether oxygens (including phenoxy) is 9. The predicted molar refractivity (Wildman–Crippen MR) is 457 cm³/mol. The first kappa shape index (κ1) is 92.5. The molecule has 0 saturated heterocycles. The van der Waals surface area contributed by atoms with Gasteiger partial charge in [-0.3, -0.25) is 42.8 Å². The van der Waals surface area contributed by atoms with Crippen LogP contribution in [0.25, 0.3) is 0 Å². The number of nitrogens with zero attached hydrogens (tertiary/aromatic N) is 9. The monoisotopic (exact) mass is 1700 g/mol. The summed E-state index contributed by atoms with van der Waals surface area (Å²) < 4.78 is 59.4. The van der Waals surface area contributed by atoms with Crippen LogP contribution in [-0.2, 0) is 79.7 Å². The van der Waals surface area contributed by atoms with Gasteiger partial charge in [0.1, 0.15) is 37.1 Å². The topological polar surface area (TPSA) is 397 Å². The van der Waals surface area contributed by atoms with E-state index in [1.807, 2.05) is 36.4 Å². The Hall–Kier alpha value is -12.8. The predicted octanol–water partition coefficient (Wildman–Crippen LogP) is 11.7. The Kier molecular flexibility index (Phi) is 33.2. The Bertz CT molecular complexity index is 4950. The Balaban J connectivity index is 0.000000181.